The van der Waals surface area contributed by atoms with E-state index in [1.165, 1.54) is 0 Å². The zero-order valence-electron chi connectivity index (χ0n) is 5.61. The summed E-state index contributed by atoms with van der Waals surface area (Å²) < 4.78 is 4.88. The molecule has 3 nitrogen and oxygen atoms in total. The van der Waals surface area contributed by atoms with E-state index < -0.39 is 0 Å². The second-order valence-electron chi connectivity index (χ2n) is 2.05. The molecule has 3 heteroatoms. The van der Waals surface area contributed by atoms with E-state index in [1.807, 2.05) is 0 Å². The van der Waals surface area contributed by atoms with E-state index in [0.29, 0.717) is 11.3 Å². The number of hydrogen-bond donors (Lipinski definition) is 0. The van der Waals surface area contributed by atoms with Gasteiger partial charge >= 0.3 is 0 Å². The number of aromatic nitrogens is 2. The fourth-order valence-electron chi connectivity index (χ4n) is 0.896. The molecule has 0 saturated carbocycles. The SMILES string of the molecule is C#Cc1noc2cnccc12. The van der Waals surface area contributed by atoms with Crippen LogP contribution in [0.25, 0.3) is 11.0 Å². The average Bonchev–Trinajstić information content (AvgIpc) is 2.47. The van der Waals surface area contributed by atoms with Crippen molar-refractivity contribution in [2.45, 2.75) is 0 Å². The summed E-state index contributed by atoms with van der Waals surface area (Å²) in [4.78, 5) is 3.86. The quantitative estimate of drug-likeness (QED) is 0.521. The van der Waals surface area contributed by atoms with E-state index in [1.54, 1.807) is 18.5 Å². The van der Waals surface area contributed by atoms with Crippen LogP contribution in [0.3, 0.4) is 0 Å². The lowest BCUT2D eigenvalue weighted by molar-refractivity contribution is 0.453. The maximum Gasteiger partial charge on any atom is 0.186 e. The first-order valence-corrected chi connectivity index (χ1v) is 3.08. The Kier molecular flexibility index (Phi) is 1.13. The third kappa shape index (κ3) is 0.767. The minimum atomic E-state index is 0.530. The van der Waals surface area contributed by atoms with Crippen molar-refractivity contribution in [2.75, 3.05) is 0 Å². The molecule has 0 amide bonds. The highest BCUT2D eigenvalue weighted by Crippen LogP contribution is 2.14. The van der Waals surface area contributed by atoms with E-state index in [-0.39, 0.29) is 0 Å². The van der Waals surface area contributed by atoms with Crippen LogP contribution in [0, 0.1) is 12.3 Å². The number of nitrogens with zero attached hydrogens (tertiary/aromatic N) is 2. The summed E-state index contributed by atoms with van der Waals surface area (Å²) in [5.41, 5.74) is 1.16. The Labute approximate surface area is 63.0 Å². The lowest BCUT2D eigenvalue weighted by atomic mass is 10.2. The third-order valence-corrected chi connectivity index (χ3v) is 1.41. The van der Waals surface area contributed by atoms with E-state index in [2.05, 4.69) is 16.1 Å². The second kappa shape index (κ2) is 2.10. The normalized spacial score (nSPS) is 9.73. The molecule has 0 bridgehead atoms. The minimum absolute atomic E-state index is 0.530. The zero-order chi connectivity index (χ0) is 7.68. The fraction of sp³-hybridized carbons (Fsp3) is 0. The van der Waals surface area contributed by atoms with Crippen molar-refractivity contribution in [3.05, 3.63) is 24.2 Å². The molecule has 0 unspecified atom stereocenters. The van der Waals surface area contributed by atoms with E-state index in [4.69, 9.17) is 10.9 Å². The Balaban J connectivity index is 2.89. The molecule has 0 saturated heterocycles. The highest BCUT2D eigenvalue weighted by molar-refractivity contribution is 5.80. The molecule has 11 heavy (non-hydrogen) atoms. The fourth-order valence-corrected chi connectivity index (χ4v) is 0.896. The molecule has 52 valence electrons. The first kappa shape index (κ1) is 5.93. The first-order chi connectivity index (χ1) is 5.42. The topological polar surface area (TPSA) is 38.9 Å². The van der Waals surface area contributed by atoms with Crippen molar-refractivity contribution in [3.63, 3.8) is 0 Å². The molecule has 0 aliphatic rings. The predicted octanol–water partition coefficient (Wildman–Crippen LogP) is 1.20. The van der Waals surface area contributed by atoms with Gasteiger partial charge in [-0.2, -0.15) is 0 Å². The van der Waals surface area contributed by atoms with Crippen molar-refractivity contribution >= 4 is 11.0 Å². The van der Waals surface area contributed by atoms with Gasteiger partial charge in [0.25, 0.3) is 0 Å². The van der Waals surface area contributed by atoms with Crippen LogP contribution in [0.1, 0.15) is 5.69 Å². The van der Waals surface area contributed by atoms with Crippen LogP contribution in [-0.4, -0.2) is 10.1 Å². The van der Waals surface area contributed by atoms with Gasteiger partial charge in [-0.3, -0.25) is 4.98 Å². The molecule has 0 aliphatic heterocycles. The van der Waals surface area contributed by atoms with Crippen LogP contribution >= 0.6 is 0 Å². The van der Waals surface area contributed by atoms with Crippen molar-refractivity contribution in [1.29, 1.82) is 0 Å². The summed E-state index contributed by atoms with van der Waals surface area (Å²) in [5.74, 6) is 2.42. The molecule has 0 radical (unpaired) electrons. The first-order valence-electron chi connectivity index (χ1n) is 3.08. The van der Waals surface area contributed by atoms with E-state index in [0.717, 1.165) is 5.39 Å². The Morgan fingerprint density at radius 3 is 3.27 bits per heavy atom. The Bertz CT molecular complexity index is 425. The molecular weight excluding hydrogens is 140 g/mol. The lowest BCUT2D eigenvalue weighted by Gasteiger charge is -1.81. The Hall–Kier alpha value is -1.82. The van der Waals surface area contributed by atoms with Crippen molar-refractivity contribution in [3.8, 4) is 12.3 Å². The molecule has 0 spiro atoms. The second-order valence-corrected chi connectivity index (χ2v) is 2.05. The van der Waals surface area contributed by atoms with Crippen molar-refractivity contribution in [1.82, 2.24) is 10.1 Å². The van der Waals surface area contributed by atoms with Gasteiger partial charge in [-0.15, -0.1) is 6.42 Å². The molecule has 0 N–H and O–H groups in total. The smallest absolute Gasteiger partial charge is 0.186 e. The summed E-state index contributed by atoms with van der Waals surface area (Å²) in [7, 11) is 0. The van der Waals surface area contributed by atoms with Gasteiger partial charge in [0, 0.05) is 6.20 Å². The number of terminal acetylenes is 1. The highest BCUT2D eigenvalue weighted by Gasteiger charge is 2.02. The summed E-state index contributed by atoms with van der Waals surface area (Å²) in [6, 6.07) is 1.78. The molecule has 2 aromatic rings. The molecule has 2 aromatic heterocycles. The largest absolute Gasteiger partial charge is 0.353 e. The average molecular weight is 144 g/mol. The van der Waals surface area contributed by atoms with Gasteiger partial charge in [0.05, 0.1) is 11.6 Å². The monoisotopic (exact) mass is 144 g/mol. The summed E-state index contributed by atoms with van der Waals surface area (Å²) in [6.45, 7) is 0. The van der Waals surface area contributed by atoms with E-state index in [9.17, 15) is 0 Å². The van der Waals surface area contributed by atoms with Crippen molar-refractivity contribution in [2.24, 2.45) is 0 Å². The number of rotatable bonds is 0. The van der Waals surface area contributed by atoms with E-state index >= 15 is 0 Å². The molecule has 2 heterocycles. The van der Waals surface area contributed by atoms with Crippen molar-refractivity contribution < 1.29 is 4.52 Å². The van der Waals surface area contributed by atoms with Crippen LogP contribution in [0.5, 0.6) is 0 Å². The maximum atomic E-state index is 5.17. The Morgan fingerprint density at radius 1 is 1.55 bits per heavy atom. The molecular formula is C8H4N2O. The molecule has 0 aromatic carbocycles. The molecule has 0 fully saturated rings. The molecule has 0 atom stereocenters. The summed E-state index contributed by atoms with van der Waals surface area (Å²) >= 11 is 0. The minimum Gasteiger partial charge on any atom is -0.353 e. The van der Waals surface area contributed by atoms with Crippen LogP contribution in [-0.2, 0) is 0 Å². The summed E-state index contributed by atoms with van der Waals surface area (Å²) in [6.07, 6.45) is 8.41. The summed E-state index contributed by atoms with van der Waals surface area (Å²) in [5, 5.41) is 4.50. The lowest BCUT2D eigenvalue weighted by Crippen LogP contribution is -1.72. The van der Waals surface area contributed by atoms with Gasteiger partial charge in [-0.05, 0) is 12.0 Å². The molecule has 0 aliphatic carbocycles. The van der Waals surface area contributed by atoms with Gasteiger partial charge < -0.3 is 4.52 Å². The van der Waals surface area contributed by atoms with Gasteiger partial charge in [0.15, 0.2) is 11.3 Å². The highest BCUT2D eigenvalue weighted by atomic mass is 16.5. The third-order valence-electron chi connectivity index (χ3n) is 1.41. The zero-order valence-corrected chi connectivity index (χ0v) is 5.61. The molecule has 2 rings (SSSR count). The van der Waals surface area contributed by atoms with Crippen LogP contribution in [0.2, 0.25) is 0 Å². The van der Waals surface area contributed by atoms with Crippen LogP contribution in [0.15, 0.2) is 23.0 Å². The number of hydrogen-bond acceptors (Lipinski definition) is 3. The predicted molar refractivity (Wildman–Crippen MR) is 39.7 cm³/mol. The van der Waals surface area contributed by atoms with Gasteiger partial charge in [0.2, 0.25) is 0 Å². The number of fused-ring (bicyclic) bond motifs is 1. The van der Waals surface area contributed by atoms with Gasteiger partial charge in [-0.1, -0.05) is 5.16 Å². The van der Waals surface area contributed by atoms with Gasteiger partial charge in [-0.25, -0.2) is 0 Å². The Morgan fingerprint density at radius 2 is 2.45 bits per heavy atom. The van der Waals surface area contributed by atoms with Crippen LogP contribution in [0.4, 0.5) is 0 Å². The van der Waals surface area contributed by atoms with Gasteiger partial charge in [0.1, 0.15) is 0 Å². The standard InChI is InChI=1S/C8H4N2O/c1-2-7-6-3-4-9-5-8(6)11-10-7/h1,3-5H. The van der Waals surface area contributed by atoms with Crippen LogP contribution < -0.4 is 0 Å². The maximum absolute atomic E-state index is 5.17. The number of pyridine rings is 1.